The van der Waals surface area contributed by atoms with E-state index in [4.69, 9.17) is 9.84 Å². The molecule has 0 aromatic heterocycles. The summed E-state index contributed by atoms with van der Waals surface area (Å²) in [5, 5.41) is 12.6. The molecule has 0 heterocycles. The maximum atomic E-state index is 9.15. The Balaban J connectivity index is 2.19. The molecule has 1 aliphatic rings. The zero-order chi connectivity index (χ0) is 10.8. The number of aliphatic hydroxyl groups is 1. The molecular weight excluding hydrogens is 178 g/mol. The minimum Gasteiger partial charge on any atom is -0.393 e. The average molecular weight is 201 g/mol. The van der Waals surface area contributed by atoms with Crippen molar-refractivity contribution in [3.8, 4) is 0 Å². The highest BCUT2D eigenvalue weighted by Crippen LogP contribution is 2.22. The van der Waals surface area contributed by atoms with Crippen LogP contribution < -0.4 is 5.32 Å². The summed E-state index contributed by atoms with van der Waals surface area (Å²) in [5.41, 5.74) is -0.0607. The SMILES string of the molecule is COC(C)(C)CC(C)NC1CC(O)C1. The highest BCUT2D eigenvalue weighted by molar-refractivity contribution is 4.87. The molecule has 84 valence electrons. The first-order valence-electron chi connectivity index (χ1n) is 5.42. The summed E-state index contributed by atoms with van der Waals surface area (Å²) >= 11 is 0. The van der Waals surface area contributed by atoms with Crippen LogP contribution in [0.3, 0.4) is 0 Å². The first kappa shape index (κ1) is 12.0. The summed E-state index contributed by atoms with van der Waals surface area (Å²) in [4.78, 5) is 0. The molecule has 1 fully saturated rings. The topological polar surface area (TPSA) is 41.5 Å². The summed E-state index contributed by atoms with van der Waals surface area (Å²) in [6.07, 6.45) is 2.72. The van der Waals surface area contributed by atoms with Crippen LogP contribution in [0.25, 0.3) is 0 Å². The zero-order valence-corrected chi connectivity index (χ0v) is 9.71. The van der Waals surface area contributed by atoms with Gasteiger partial charge in [0.25, 0.3) is 0 Å². The van der Waals surface area contributed by atoms with Crippen molar-refractivity contribution in [3.63, 3.8) is 0 Å². The van der Waals surface area contributed by atoms with E-state index in [1.54, 1.807) is 7.11 Å². The van der Waals surface area contributed by atoms with Gasteiger partial charge < -0.3 is 15.2 Å². The molecule has 1 rings (SSSR count). The van der Waals surface area contributed by atoms with Crippen LogP contribution in [0.4, 0.5) is 0 Å². The molecular formula is C11H23NO2. The smallest absolute Gasteiger partial charge is 0.0637 e. The standard InChI is InChI=1S/C11H23NO2/c1-8(7-11(2,3)14-4)12-9-5-10(13)6-9/h8-10,12-13H,5-7H2,1-4H3. The highest BCUT2D eigenvalue weighted by atomic mass is 16.5. The molecule has 0 bridgehead atoms. The fourth-order valence-electron chi connectivity index (χ4n) is 2.01. The van der Waals surface area contributed by atoms with Crippen LogP contribution in [0.15, 0.2) is 0 Å². The molecule has 1 aliphatic carbocycles. The van der Waals surface area contributed by atoms with Crippen molar-refractivity contribution in [1.29, 1.82) is 0 Å². The van der Waals surface area contributed by atoms with Crippen molar-refractivity contribution in [2.75, 3.05) is 7.11 Å². The summed E-state index contributed by atoms with van der Waals surface area (Å²) in [7, 11) is 1.75. The molecule has 3 nitrogen and oxygen atoms in total. The first-order valence-corrected chi connectivity index (χ1v) is 5.42. The molecule has 1 saturated carbocycles. The van der Waals surface area contributed by atoms with Crippen LogP contribution in [-0.2, 0) is 4.74 Å². The van der Waals surface area contributed by atoms with Gasteiger partial charge >= 0.3 is 0 Å². The number of ether oxygens (including phenoxy) is 1. The molecule has 0 spiro atoms. The van der Waals surface area contributed by atoms with E-state index in [1.807, 2.05) is 0 Å². The van der Waals surface area contributed by atoms with Gasteiger partial charge in [-0.15, -0.1) is 0 Å². The third-order valence-corrected chi connectivity index (χ3v) is 2.98. The number of hydrogen-bond acceptors (Lipinski definition) is 3. The molecule has 1 unspecified atom stereocenters. The summed E-state index contributed by atoms with van der Waals surface area (Å²) < 4.78 is 5.37. The zero-order valence-electron chi connectivity index (χ0n) is 9.71. The third kappa shape index (κ3) is 3.56. The van der Waals surface area contributed by atoms with Crippen molar-refractivity contribution in [1.82, 2.24) is 5.32 Å². The molecule has 0 amide bonds. The van der Waals surface area contributed by atoms with Crippen LogP contribution in [0.1, 0.15) is 40.0 Å². The van der Waals surface area contributed by atoms with Gasteiger partial charge in [-0.1, -0.05) is 0 Å². The van der Waals surface area contributed by atoms with Gasteiger partial charge in [-0.2, -0.15) is 0 Å². The highest BCUT2D eigenvalue weighted by Gasteiger charge is 2.29. The maximum absolute atomic E-state index is 9.15. The van der Waals surface area contributed by atoms with E-state index in [0.29, 0.717) is 12.1 Å². The van der Waals surface area contributed by atoms with Crippen molar-refractivity contribution < 1.29 is 9.84 Å². The molecule has 0 saturated heterocycles. The van der Waals surface area contributed by atoms with E-state index in [9.17, 15) is 0 Å². The second-order valence-corrected chi connectivity index (χ2v) is 5.06. The van der Waals surface area contributed by atoms with Crippen LogP contribution in [0, 0.1) is 0 Å². The van der Waals surface area contributed by atoms with E-state index in [0.717, 1.165) is 19.3 Å². The van der Waals surface area contributed by atoms with E-state index in [1.165, 1.54) is 0 Å². The first-order chi connectivity index (χ1) is 6.43. The van der Waals surface area contributed by atoms with Gasteiger partial charge in [0.15, 0.2) is 0 Å². The normalized spacial score (nSPS) is 29.8. The van der Waals surface area contributed by atoms with Crippen molar-refractivity contribution >= 4 is 0 Å². The Morgan fingerprint density at radius 2 is 2.07 bits per heavy atom. The maximum Gasteiger partial charge on any atom is 0.0637 e. The molecule has 1 atom stereocenters. The van der Waals surface area contributed by atoms with Gasteiger partial charge in [-0.25, -0.2) is 0 Å². The van der Waals surface area contributed by atoms with Crippen LogP contribution in [-0.4, -0.2) is 36.0 Å². The van der Waals surface area contributed by atoms with E-state index in [2.05, 4.69) is 26.1 Å². The lowest BCUT2D eigenvalue weighted by Crippen LogP contribution is -2.49. The minimum absolute atomic E-state index is 0.0607. The lowest BCUT2D eigenvalue weighted by molar-refractivity contribution is 0.00211. The quantitative estimate of drug-likeness (QED) is 0.704. The Morgan fingerprint density at radius 3 is 2.50 bits per heavy atom. The average Bonchev–Trinajstić information content (AvgIpc) is 2.00. The molecule has 2 N–H and O–H groups in total. The summed E-state index contributed by atoms with van der Waals surface area (Å²) in [5.74, 6) is 0. The van der Waals surface area contributed by atoms with Crippen molar-refractivity contribution in [2.45, 2.75) is 63.8 Å². The Bertz CT molecular complexity index is 176. The fraction of sp³-hybridized carbons (Fsp3) is 1.00. The molecule has 0 radical (unpaired) electrons. The monoisotopic (exact) mass is 201 g/mol. The number of rotatable bonds is 5. The number of nitrogens with one attached hydrogen (secondary N) is 1. The molecule has 0 aromatic rings. The van der Waals surface area contributed by atoms with Gasteiger partial charge in [0.2, 0.25) is 0 Å². The Morgan fingerprint density at radius 1 is 1.50 bits per heavy atom. The number of aliphatic hydroxyl groups excluding tert-OH is 1. The van der Waals surface area contributed by atoms with Crippen molar-refractivity contribution in [3.05, 3.63) is 0 Å². The van der Waals surface area contributed by atoms with Crippen LogP contribution >= 0.6 is 0 Å². The number of methoxy groups -OCH3 is 1. The van der Waals surface area contributed by atoms with Crippen molar-refractivity contribution in [2.24, 2.45) is 0 Å². The van der Waals surface area contributed by atoms with Gasteiger partial charge in [0.05, 0.1) is 11.7 Å². The Kier molecular flexibility index (Phi) is 3.93. The van der Waals surface area contributed by atoms with Crippen LogP contribution in [0.2, 0.25) is 0 Å². The van der Waals surface area contributed by atoms with E-state index in [-0.39, 0.29) is 11.7 Å². The molecule has 0 aliphatic heterocycles. The van der Waals surface area contributed by atoms with E-state index < -0.39 is 0 Å². The second kappa shape index (κ2) is 4.60. The molecule has 3 heteroatoms. The largest absolute Gasteiger partial charge is 0.393 e. The lowest BCUT2D eigenvalue weighted by atomic mass is 9.88. The number of hydrogen-bond donors (Lipinski definition) is 2. The molecule has 14 heavy (non-hydrogen) atoms. The Labute approximate surface area is 86.8 Å². The lowest BCUT2D eigenvalue weighted by Gasteiger charge is -2.36. The van der Waals surface area contributed by atoms with Gasteiger partial charge in [0, 0.05) is 19.2 Å². The predicted molar refractivity (Wildman–Crippen MR) is 57.3 cm³/mol. The predicted octanol–water partition coefficient (Wildman–Crippen LogP) is 1.30. The van der Waals surface area contributed by atoms with Gasteiger partial charge in [-0.3, -0.25) is 0 Å². The van der Waals surface area contributed by atoms with Crippen LogP contribution in [0.5, 0.6) is 0 Å². The second-order valence-electron chi connectivity index (χ2n) is 5.06. The third-order valence-electron chi connectivity index (χ3n) is 2.98. The minimum atomic E-state index is -0.0739. The van der Waals surface area contributed by atoms with Gasteiger partial charge in [-0.05, 0) is 40.0 Å². The fourth-order valence-corrected chi connectivity index (χ4v) is 2.01. The summed E-state index contributed by atoms with van der Waals surface area (Å²) in [6.45, 7) is 6.37. The summed E-state index contributed by atoms with van der Waals surface area (Å²) in [6, 6.07) is 0.954. The van der Waals surface area contributed by atoms with Gasteiger partial charge in [0.1, 0.15) is 0 Å². The Hall–Kier alpha value is -0.120. The molecule has 0 aromatic carbocycles. The van der Waals surface area contributed by atoms with E-state index >= 15 is 0 Å².